The molecule has 1 aromatic carbocycles. The van der Waals surface area contributed by atoms with Gasteiger partial charge in [-0.05, 0) is 24.6 Å². The molecule has 0 bridgehead atoms. The highest BCUT2D eigenvalue weighted by Gasteiger charge is 1.93. The predicted octanol–water partition coefficient (Wildman–Crippen LogP) is 1.87. The number of anilines is 1. The summed E-state index contributed by atoms with van der Waals surface area (Å²) in [4.78, 5) is 0.954. The average molecular weight is 139 g/mol. The Labute approximate surface area is 60.3 Å². The molecule has 2 heteroatoms. The second-order valence-electron chi connectivity index (χ2n) is 1.99. The Morgan fingerprint density at radius 2 is 2.11 bits per heavy atom. The Hall–Kier alpha value is -0.630. The van der Waals surface area contributed by atoms with E-state index < -0.39 is 0 Å². The summed E-state index contributed by atoms with van der Waals surface area (Å²) in [6.07, 6.45) is 0. The zero-order valence-corrected chi connectivity index (χ0v) is 6.15. The molecule has 0 atom stereocenters. The molecule has 48 valence electrons. The lowest BCUT2D eigenvalue weighted by molar-refractivity contribution is 1.32. The van der Waals surface area contributed by atoms with E-state index >= 15 is 0 Å². The number of nitrogen functional groups attached to an aromatic ring is 1. The fourth-order valence-corrected chi connectivity index (χ4v) is 0.856. The quantitative estimate of drug-likeness (QED) is 0.416. The Balaban J connectivity index is 3.25. The van der Waals surface area contributed by atoms with Gasteiger partial charge in [-0.3, -0.25) is 0 Å². The van der Waals surface area contributed by atoms with Crippen LogP contribution in [0.15, 0.2) is 23.1 Å². The van der Waals surface area contributed by atoms with Crippen molar-refractivity contribution >= 4 is 18.3 Å². The number of nitrogens with two attached hydrogens (primary N) is 1. The third-order valence-electron chi connectivity index (χ3n) is 1.35. The van der Waals surface area contributed by atoms with Gasteiger partial charge < -0.3 is 5.73 Å². The van der Waals surface area contributed by atoms with Crippen LogP contribution in [0.1, 0.15) is 5.56 Å². The molecule has 0 aliphatic rings. The lowest BCUT2D eigenvalue weighted by Gasteiger charge is -1.99. The van der Waals surface area contributed by atoms with Crippen molar-refractivity contribution < 1.29 is 0 Å². The molecule has 0 saturated heterocycles. The van der Waals surface area contributed by atoms with Gasteiger partial charge in [-0.1, -0.05) is 6.07 Å². The molecule has 0 unspecified atom stereocenters. The molecule has 1 rings (SSSR count). The van der Waals surface area contributed by atoms with Crippen molar-refractivity contribution in [3.8, 4) is 0 Å². The van der Waals surface area contributed by atoms with Gasteiger partial charge in [0.15, 0.2) is 0 Å². The van der Waals surface area contributed by atoms with E-state index in [4.69, 9.17) is 5.73 Å². The minimum absolute atomic E-state index is 0.808. The first-order valence-corrected chi connectivity index (χ1v) is 3.20. The van der Waals surface area contributed by atoms with Gasteiger partial charge in [-0.2, -0.15) is 0 Å². The van der Waals surface area contributed by atoms with Gasteiger partial charge in [0.25, 0.3) is 0 Å². The molecule has 2 N–H and O–H groups in total. The average Bonchev–Trinajstić information content (AvgIpc) is 1.83. The molecule has 0 saturated carbocycles. The van der Waals surface area contributed by atoms with Crippen LogP contribution in [0, 0.1) is 6.92 Å². The first-order chi connectivity index (χ1) is 4.22. The molecule has 0 spiro atoms. The van der Waals surface area contributed by atoms with Gasteiger partial charge in [0, 0.05) is 10.6 Å². The Morgan fingerprint density at radius 1 is 1.44 bits per heavy atom. The summed E-state index contributed by atoms with van der Waals surface area (Å²) in [5, 5.41) is 0. The molecule has 0 radical (unpaired) electrons. The van der Waals surface area contributed by atoms with Crippen molar-refractivity contribution in [2.75, 3.05) is 5.73 Å². The monoisotopic (exact) mass is 139 g/mol. The van der Waals surface area contributed by atoms with Crippen molar-refractivity contribution in [3.05, 3.63) is 23.8 Å². The highest BCUT2D eigenvalue weighted by atomic mass is 32.1. The molecule has 0 amide bonds. The molecule has 1 aromatic rings. The highest BCUT2D eigenvalue weighted by molar-refractivity contribution is 7.80. The smallest absolute Gasteiger partial charge is 0.0354 e. The predicted molar refractivity (Wildman–Crippen MR) is 42.8 cm³/mol. The van der Waals surface area contributed by atoms with Crippen molar-refractivity contribution in [3.63, 3.8) is 0 Å². The lowest BCUT2D eigenvalue weighted by atomic mass is 10.2. The minimum atomic E-state index is 0.808. The maximum absolute atomic E-state index is 5.57. The van der Waals surface area contributed by atoms with E-state index in [0.717, 1.165) is 16.1 Å². The zero-order valence-electron chi connectivity index (χ0n) is 5.26. The molecular formula is C7H9NS. The van der Waals surface area contributed by atoms with Crippen LogP contribution < -0.4 is 5.73 Å². The summed E-state index contributed by atoms with van der Waals surface area (Å²) in [5.41, 5.74) is 7.44. The second kappa shape index (κ2) is 2.31. The van der Waals surface area contributed by atoms with Gasteiger partial charge in [-0.15, -0.1) is 12.6 Å². The summed E-state index contributed by atoms with van der Waals surface area (Å²) in [7, 11) is 0. The number of rotatable bonds is 0. The fraction of sp³-hybridized carbons (Fsp3) is 0.143. The van der Waals surface area contributed by atoms with E-state index in [2.05, 4.69) is 12.6 Å². The van der Waals surface area contributed by atoms with Gasteiger partial charge in [0.2, 0.25) is 0 Å². The summed E-state index contributed by atoms with van der Waals surface area (Å²) in [5.74, 6) is 0. The van der Waals surface area contributed by atoms with Crippen LogP contribution in [-0.4, -0.2) is 0 Å². The maximum Gasteiger partial charge on any atom is 0.0354 e. The van der Waals surface area contributed by atoms with E-state index in [-0.39, 0.29) is 0 Å². The number of benzene rings is 1. The minimum Gasteiger partial charge on any atom is -0.398 e. The standard InChI is InChI=1S/C7H9NS/c1-5-6(8)3-2-4-7(5)9/h2-4,9H,8H2,1H3. The van der Waals surface area contributed by atoms with Crippen LogP contribution in [0.2, 0.25) is 0 Å². The first kappa shape index (κ1) is 6.49. The van der Waals surface area contributed by atoms with Crippen LogP contribution in [0.25, 0.3) is 0 Å². The molecule has 0 heterocycles. The normalized spacial score (nSPS) is 9.56. The number of hydrogen-bond donors (Lipinski definition) is 2. The molecule has 9 heavy (non-hydrogen) atoms. The topological polar surface area (TPSA) is 26.0 Å². The zero-order chi connectivity index (χ0) is 6.85. The van der Waals surface area contributed by atoms with Crippen LogP contribution in [0.5, 0.6) is 0 Å². The summed E-state index contributed by atoms with van der Waals surface area (Å²) >= 11 is 4.19. The molecular weight excluding hydrogens is 130 g/mol. The van der Waals surface area contributed by atoms with Crippen LogP contribution in [0.4, 0.5) is 5.69 Å². The van der Waals surface area contributed by atoms with E-state index in [1.165, 1.54) is 0 Å². The van der Waals surface area contributed by atoms with Crippen molar-refractivity contribution in [2.45, 2.75) is 11.8 Å². The molecule has 0 fully saturated rings. The summed E-state index contributed by atoms with van der Waals surface area (Å²) < 4.78 is 0. The van der Waals surface area contributed by atoms with E-state index in [1.54, 1.807) is 0 Å². The van der Waals surface area contributed by atoms with Crippen molar-refractivity contribution in [1.82, 2.24) is 0 Å². The van der Waals surface area contributed by atoms with Gasteiger partial charge in [0.1, 0.15) is 0 Å². The third-order valence-corrected chi connectivity index (χ3v) is 1.83. The van der Waals surface area contributed by atoms with Gasteiger partial charge in [0.05, 0.1) is 0 Å². The van der Waals surface area contributed by atoms with Gasteiger partial charge >= 0.3 is 0 Å². The summed E-state index contributed by atoms with van der Waals surface area (Å²) in [6.45, 7) is 1.96. The molecule has 0 aliphatic heterocycles. The third kappa shape index (κ3) is 1.19. The van der Waals surface area contributed by atoms with E-state index in [1.807, 2.05) is 25.1 Å². The Bertz CT molecular complexity index is 200. The number of thiol groups is 1. The van der Waals surface area contributed by atoms with Crippen LogP contribution in [0.3, 0.4) is 0 Å². The van der Waals surface area contributed by atoms with Gasteiger partial charge in [-0.25, -0.2) is 0 Å². The molecule has 0 aromatic heterocycles. The van der Waals surface area contributed by atoms with Crippen molar-refractivity contribution in [1.29, 1.82) is 0 Å². The first-order valence-electron chi connectivity index (χ1n) is 2.76. The van der Waals surface area contributed by atoms with Crippen LogP contribution in [-0.2, 0) is 0 Å². The van der Waals surface area contributed by atoms with E-state index in [0.29, 0.717) is 0 Å². The maximum atomic E-state index is 5.57. The Morgan fingerprint density at radius 3 is 2.56 bits per heavy atom. The lowest BCUT2D eigenvalue weighted by Crippen LogP contribution is -1.88. The highest BCUT2D eigenvalue weighted by Crippen LogP contribution is 2.17. The fourth-order valence-electron chi connectivity index (χ4n) is 0.641. The summed E-state index contributed by atoms with van der Waals surface area (Å²) in [6, 6.07) is 5.69. The Kier molecular flexibility index (Phi) is 1.67. The number of hydrogen-bond acceptors (Lipinski definition) is 2. The van der Waals surface area contributed by atoms with Crippen LogP contribution >= 0.6 is 12.6 Å². The van der Waals surface area contributed by atoms with E-state index in [9.17, 15) is 0 Å². The second-order valence-corrected chi connectivity index (χ2v) is 2.47. The molecule has 0 aliphatic carbocycles. The largest absolute Gasteiger partial charge is 0.398 e. The SMILES string of the molecule is Cc1c(N)cccc1S. The molecule has 1 nitrogen and oxygen atoms in total. The van der Waals surface area contributed by atoms with Crippen molar-refractivity contribution in [2.24, 2.45) is 0 Å².